The van der Waals surface area contributed by atoms with Crippen LogP contribution in [0.5, 0.6) is 0 Å². The monoisotopic (exact) mass is 390 g/mol. The Morgan fingerprint density at radius 1 is 0.929 bits per heavy atom. The molecule has 14 heavy (non-hydrogen) atoms. The summed E-state index contributed by atoms with van der Waals surface area (Å²) in [7, 11) is -4.69. The minimum absolute atomic E-state index is 0. The van der Waals surface area contributed by atoms with Crippen molar-refractivity contribution >= 4 is 45.1 Å². The van der Waals surface area contributed by atoms with E-state index in [1.807, 2.05) is 0 Å². The normalized spacial score (nSPS) is 10.1. The largest absolute Gasteiger partial charge is 1.00 e. The molecule has 0 aliphatic carbocycles. The van der Waals surface area contributed by atoms with Gasteiger partial charge in [0.2, 0.25) is 0 Å². The van der Waals surface area contributed by atoms with Crippen molar-refractivity contribution in [2.24, 2.45) is 0 Å². The Hall–Kier alpha value is 3.76. The van der Waals surface area contributed by atoms with Crippen molar-refractivity contribution in [3.05, 3.63) is 27.1 Å². The Balaban J connectivity index is 0. The second-order valence-corrected chi connectivity index (χ2v) is 5.22. The number of benzene rings is 1. The van der Waals surface area contributed by atoms with Gasteiger partial charge in [-0.25, -0.2) is 0 Å². The Kier molecular flexibility index (Phi) is 12.6. The van der Waals surface area contributed by atoms with Gasteiger partial charge in [0.25, 0.3) is 0 Å². The number of hydrogen-bond donors (Lipinski definition) is 0. The van der Waals surface area contributed by atoms with Gasteiger partial charge in [-0.15, -0.1) is 7.94 Å². The molecule has 0 aliphatic heterocycles. The number of hydrogen-bond acceptors (Lipinski definition) is 3. The summed E-state index contributed by atoms with van der Waals surface area (Å²) in [6.45, 7) is 0. The van der Waals surface area contributed by atoms with Crippen molar-refractivity contribution in [1.29, 1.82) is 0 Å². The van der Waals surface area contributed by atoms with Crippen LogP contribution in [-0.4, -0.2) is 0 Å². The fourth-order valence-corrected chi connectivity index (χ4v) is 3.72. The minimum atomic E-state index is -4.69. The average Bonchev–Trinajstić information content (AvgIpc) is 1.82. The zero-order valence-corrected chi connectivity index (χ0v) is 18.0. The maximum absolute atomic E-state index is 10.7. The van der Waals surface area contributed by atoms with Gasteiger partial charge >= 0.3 is 103 Å². The van der Waals surface area contributed by atoms with Crippen molar-refractivity contribution in [2.45, 2.75) is 0 Å². The van der Waals surface area contributed by atoms with Gasteiger partial charge in [0.05, 0.1) is 8.95 Å². The molecule has 0 unspecified atom stereocenters. The smallest absolute Gasteiger partial charge is 0.683 e. The third-order valence-electron chi connectivity index (χ3n) is 1.21. The maximum Gasteiger partial charge on any atom is 1.00 e. The van der Waals surface area contributed by atoms with Crippen molar-refractivity contribution in [1.82, 2.24) is 0 Å². The average molecular weight is 392 g/mol. The molecule has 66 valence electrons. The second kappa shape index (κ2) is 8.79. The molecule has 0 saturated heterocycles. The zero-order chi connectivity index (χ0) is 9.35. The van der Waals surface area contributed by atoms with Crippen molar-refractivity contribution < 1.29 is 117 Å². The van der Waals surface area contributed by atoms with E-state index in [4.69, 9.17) is 0 Å². The molecule has 0 fully saturated rings. The molecule has 8 heteroatoms. The summed E-state index contributed by atoms with van der Waals surface area (Å²) in [5, 5.41) is -0.231. The van der Waals surface area contributed by atoms with Crippen LogP contribution in [0.4, 0.5) is 0 Å². The SMILES string of the molecule is [K+].[K+].[O-][P+]([O-])([O-])c1c(Br)cccc1Br. The van der Waals surface area contributed by atoms with E-state index in [1.54, 1.807) is 6.07 Å². The Bertz CT molecular complexity index is 285. The van der Waals surface area contributed by atoms with Crippen LogP contribution in [-0.2, 0) is 0 Å². The van der Waals surface area contributed by atoms with E-state index < -0.39 is 7.94 Å². The molecule has 0 spiro atoms. The van der Waals surface area contributed by atoms with Crippen molar-refractivity contribution in [2.75, 3.05) is 0 Å². The maximum atomic E-state index is 10.7. The number of halogens is 2. The summed E-state index contributed by atoms with van der Waals surface area (Å²) in [6, 6.07) is 4.64. The molecule has 0 radical (unpaired) electrons. The fourth-order valence-electron chi connectivity index (χ4n) is 0.751. The first-order valence-corrected chi connectivity index (χ1v) is 6.02. The third kappa shape index (κ3) is 6.08. The molecule has 0 amide bonds. The quantitative estimate of drug-likeness (QED) is 0.353. The van der Waals surface area contributed by atoms with Crippen LogP contribution in [0.1, 0.15) is 0 Å². The number of rotatable bonds is 1. The van der Waals surface area contributed by atoms with Gasteiger partial charge in [0.15, 0.2) is 0 Å². The Morgan fingerprint density at radius 2 is 1.29 bits per heavy atom. The summed E-state index contributed by atoms with van der Waals surface area (Å²) >= 11 is 5.96. The molecular weight excluding hydrogens is 389 g/mol. The fraction of sp³-hybridized carbons (Fsp3) is 0. The minimum Gasteiger partial charge on any atom is -0.683 e. The summed E-state index contributed by atoms with van der Waals surface area (Å²) in [4.78, 5) is 32.1. The van der Waals surface area contributed by atoms with Gasteiger partial charge in [-0.2, -0.15) is 0 Å². The van der Waals surface area contributed by atoms with E-state index in [1.165, 1.54) is 12.1 Å². The molecule has 1 aromatic rings. The molecule has 0 heterocycles. The Morgan fingerprint density at radius 3 is 1.50 bits per heavy atom. The molecular formula is C6H3Br2K2O3P. The van der Waals surface area contributed by atoms with Crippen molar-refractivity contribution in [3.8, 4) is 0 Å². The zero-order valence-electron chi connectivity index (χ0n) is 7.66. The molecule has 1 rings (SSSR count). The van der Waals surface area contributed by atoms with E-state index >= 15 is 0 Å². The molecule has 0 saturated carbocycles. The van der Waals surface area contributed by atoms with E-state index in [2.05, 4.69) is 31.9 Å². The van der Waals surface area contributed by atoms with Crippen LogP contribution in [0, 0.1) is 0 Å². The van der Waals surface area contributed by atoms with Crippen LogP contribution < -0.4 is 123 Å². The van der Waals surface area contributed by atoms with Gasteiger partial charge in [0, 0.05) is 0 Å². The van der Waals surface area contributed by atoms with Crippen molar-refractivity contribution in [3.63, 3.8) is 0 Å². The molecule has 0 aliphatic rings. The van der Waals surface area contributed by atoms with Crippen LogP contribution in [0.2, 0.25) is 0 Å². The van der Waals surface area contributed by atoms with Gasteiger partial charge in [-0.05, 0) is 44.0 Å². The van der Waals surface area contributed by atoms with E-state index in [0.29, 0.717) is 0 Å². The molecule has 3 nitrogen and oxygen atoms in total. The van der Waals surface area contributed by atoms with Crippen LogP contribution >= 0.6 is 39.8 Å². The predicted molar refractivity (Wildman–Crippen MR) is 48.4 cm³/mol. The summed E-state index contributed by atoms with van der Waals surface area (Å²) in [5.74, 6) is 0. The van der Waals surface area contributed by atoms with Crippen LogP contribution in [0.15, 0.2) is 27.1 Å². The molecule has 0 aromatic heterocycles. The molecule has 0 atom stereocenters. The Labute approximate surface area is 185 Å². The second-order valence-electron chi connectivity index (χ2n) is 2.07. The summed E-state index contributed by atoms with van der Waals surface area (Å²) < 4.78 is 0.565. The first kappa shape index (κ1) is 20.1. The van der Waals surface area contributed by atoms with E-state index in [0.717, 1.165) is 0 Å². The van der Waals surface area contributed by atoms with Gasteiger partial charge in [0.1, 0.15) is 5.30 Å². The first-order chi connectivity index (χ1) is 5.43. The van der Waals surface area contributed by atoms with Gasteiger partial charge < -0.3 is 14.7 Å². The summed E-state index contributed by atoms with van der Waals surface area (Å²) in [6.07, 6.45) is 0. The third-order valence-corrected chi connectivity index (χ3v) is 4.18. The standard InChI is InChI=1S/C6H5Br2O3P.2K/c7-4-2-1-3-5(8)6(4)12(9,10)11;;/h1-3H,(H2,9,10,11);;/q;2*+1/p-2. The molecule has 0 N–H and O–H groups in total. The van der Waals surface area contributed by atoms with Crippen LogP contribution in [0.25, 0.3) is 0 Å². The van der Waals surface area contributed by atoms with E-state index in [-0.39, 0.29) is 117 Å². The van der Waals surface area contributed by atoms with Gasteiger partial charge in [-0.1, -0.05) is 6.07 Å². The topological polar surface area (TPSA) is 69.2 Å². The van der Waals surface area contributed by atoms with Gasteiger partial charge in [-0.3, -0.25) is 0 Å². The predicted octanol–water partition coefficient (Wildman–Crippen LogP) is -6.31. The summed E-state index contributed by atoms with van der Waals surface area (Å²) in [5.41, 5.74) is 0. The van der Waals surface area contributed by atoms with Crippen LogP contribution in [0.3, 0.4) is 0 Å². The first-order valence-electron chi connectivity index (χ1n) is 2.89. The van der Waals surface area contributed by atoms with E-state index in [9.17, 15) is 14.7 Å². The molecule has 1 aromatic carbocycles. The molecule has 0 bridgehead atoms.